The molecule has 0 aromatic heterocycles. The van der Waals surface area contributed by atoms with Gasteiger partial charge in [-0.05, 0) is 12.5 Å². The van der Waals surface area contributed by atoms with Gasteiger partial charge in [-0.15, -0.1) is 0 Å². The highest BCUT2D eigenvalue weighted by atomic mass is 16.7. The molecule has 1 aromatic carbocycles. The van der Waals surface area contributed by atoms with Crippen LogP contribution in [0.3, 0.4) is 0 Å². The average Bonchev–Trinajstić information content (AvgIpc) is 2.28. The first-order chi connectivity index (χ1) is 8.57. The summed E-state index contributed by atoms with van der Waals surface area (Å²) in [5, 5.41) is 0. The van der Waals surface area contributed by atoms with E-state index in [-0.39, 0.29) is 12.2 Å². The van der Waals surface area contributed by atoms with Crippen LogP contribution in [0.4, 0.5) is 4.79 Å². The lowest BCUT2D eigenvalue weighted by atomic mass is 9.92. The van der Waals surface area contributed by atoms with E-state index in [1.807, 2.05) is 30.3 Å². The van der Waals surface area contributed by atoms with Crippen molar-refractivity contribution in [2.45, 2.75) is 31.8 Å². The van der Waals surface area contributed by atoms with Crippen LogP contribution in [0.5, 0.6) is 0 Å². The number of hydrogen-bond donors (Lipinski definition) is 0. The molecule has 0 radical (unpaired) electrons. The van der Waals surface area contributed by atoms with Crippen LogP contribution >= 0.6 is 0 Å². The molecular weight excluding hydrogens is 232 g/mol. The summed E-state index contributed by atoms with van der Waals surface area (Å²) in [7, 11) is 0. The van der Waals surface area contributed by atoms with Crippen LogP contribution in [-0.2, 0) is 20.7 Å². The molecule has 1 heterocycles. The Morgan fingerprint density at radius 1 is 1.33 bits per heavy atom. The predicted octanol–water partition coefficient (Wildman–Crippen LogP) is 2.50. The molecule has 0 aliphatic carbocycles. The van der Waals surface area contributed by atoms with E-state index in [1.54, 1.807) is 6.92 Å². The van der Waals surface area contributed by atoms with E-state index in [9.17, 15) is 9.59 Å². The number of ether oxygens (including phenoxy) is 2. The highest BCUT2D eigenvalue weighted by Crippen LogP contribution is 2.25. The standard InChI is InChI=1S/C14H16O4/c1-14(7-8-17-13(16)18-14)10-12(15)9-11-5-3-2-4-6-11/h2-6H,7-10H2,1H3. The van der Waals surface area contributed by atoms with E-state index >= 15 is 0 Å². The first kappa shape index (κ1) is 12.6. The van der Waals surface area contributed by atoms with Gasteiger partial charge in [0.25, 0.3) is 0 Å². The Kier molecular flexibility index (Phi) is 3.65. The molecule has 1 fully saturated rings. The highest BCUT2D eigenvalue weighted by molar-refractivity contribution is 5.82. The fourth-order valence-corrected chi connectivity index (χ4v) is 2.06. The third kappa shape index (κ3) is 3.32. The van der Waals surface area contributed by atoms with Crippen LogP contribution < -0.4 is 0 Å². The number of cyclic esters (lactones) is 2. The maximum Gasteiger partial charge on any atom is 0.508 e. The van der Waals surface area contributed by atoms with Gasteiger partial charge in [-0.1, -0.05) is 30.3 Å². The molecule has 1 aromatic rings. The van der Waals surface area contributed by atoms with Crippen molar-refractivity contribution in [1.29, 1.82) is 0 Å². The van der Waals surface area contributed by atoms with E-state index in [0.29, 0.717) is 19.4 Å². The Bertz CT molecular complexity index is 440. The fourth-order valence-electron chi connectivity index (χ4n) is 2.06. The van der Waals surface area contributed by atoms with Gasteiger partial charge in [-0.25, -0.2) is 4.79 Å². The molecule has 1 aliphatic rings. The third-order valence-electron chi connectivity index (χ3n) is 3.00. The van der Waals surface area contributed by atoms with Crippen molar-refractivity contribution in [1.82, 2.24) is 0 Å². The number of carbonyl (C=O) groups is 2. The van der Waals surface area contributed by atoms with Gasteiger partial charge in [0.15, 0.2) is 0 Å². The van der Waals surface area contributed by atoms with Crippen molar-refractivity contribution in [3.63, 3.8) is 0 Å². The summed E-state index contributed by atoms with van der Waals surface area (Å²) in [5.74, 6) is 0.0680. The molecule has 1 saturated heterocycles. The van der Waals surface area contributed by atoms with Crippen molar-refractivity contribution in [2.75, 3.05) is 6.61 Å². The van der Waals surface area contributed by atoms with Gasteiger partial charge in [0.05, 0.1) is 6.61 Å². The molecule has 0 saturated carbocycles. The van der Waals surface area contributed by atoms with E-state index in [0.717, 1.165) is 5.56 Å². The lowest BCUT2D eigenvalue weighted by Gasteiger charge is -2.32. The largest absolute Gasteiger partial charge is 0.508 e. The second-order valence-electron chi connectivity index (χ2n) is 4.78. The minimum atomic E-state index is -0.721. The normalized spacial score (nSPS) is 23.1. The molecule has 4 nitrogen and oxygen atoms in total. The second-order valence-corrected chi connectivity index (χ2v) is 4.78. The molecule has 0 N–H and O–H groups in total. The SMILES string of the molecule is CC1(CC(=O)Cc2ccccc2)CCOC(=O)O1. The first-order valence-corrected chi connectivity index (χ1v) is 5.99. The molecule has 0 spiro atoms. The van der Waals surface area contributed by atoms with Crippen LogP contribution in [0.2, 0.25) is 0 Å². The van der Waals surface area contributed by atoms with Crippen molar-refractivity contribution in [3.8, 4) is 0 Å². The minimum Gasteiger partial charge on any atom is -0.434 e. The van der Waals surface area contributed by atoms with Crippen LogP contribution in [-0.4, -0.2) is 24.1 Å². The topological polar surface area (TPSA) is 52.6 Å². The summed E-state index contributed by atoms with van der Waals surface area (Å²) in [5.41, 5.74) is 0.255. The van der Waals surface area contributed by atoms with Gasteiger partial charge in [0, 0.05) is 19.3 Å². The van der Waals surface area contributed by atoms with Crippen molar-refractivity contribution in [2.24, 2.45) is 0 Å². The van der Waals surface area contributed by atoms with Crippen molar-refractivity contribution in [3.05, 3.63) is 35.9 Å². The number of carbonyl (C=O) groups excluding carboxylic acids is 2. The fraction of sp³-hybridized carbons (Fsp3) is 0.429. The summed E-state index contributed by atoms with van der Waals surface area (Å²) >= 11 is 0. The molecule has 0 bridgehead atoms. The van der Waals surface area contributed by atoms with Gasteiger partial charge >= 0.3 is 6.16 Å². The number of benzene rings is 1. The van der Waals surface area contributed by atoms with Gasteiger partial charge < -0.3 is 9.47 Å². The Labute approximate surface area is 106 Å². The van der Waals surface area contributed by atoms with Gasteiger partial charge in [0.1, 0.15) is 11.4 Å². The lowest BCUT2D eigenvalue weighted by Crippen LogP contribution is -2.40. The Hall–Kier alpha value is -1.84. The summed E-state index contributed by atoms with van der Waals surface area (Å²) in [4.78, 5) is 23.0. The number of hydrogen-bond acceptors (Lipinski definition) is 4. The van der Waals surface area contributed by atoms with Gasteiger partial charge in [-0.2, -0.15) is 0 Å². The third-order valence-corrected chi connectivity index (χ3v) is 3.00. The van der Waals surface area contributed by atoms with Crippen LogP contribution in [0.25, 0.3) is 0 Å². The monoisotopic (exact) mass is 248 g/mol. The second kappa shape index (κ2) is 5.21. The summed E-state index contributed by atoms with van der Waals surface area (Å²) in [6, 6.07) is 9.54. The van der Waals surface area contributed by atoms with E-state index < -0.39 is 11.8 Å². The van der Waals surface area contributed by atoms with E-state index in [1.165, 1.54) is 0 Å². The molecular formula is C14H16O4. The maximum absolute atomic E-state index is 12.0. The highest BCUT2D eigenvalue weighted by Gasteiger charge is 2.35. The predicted molar refractivity (Wildman–Crippen MR) is 65.2 cm³/mol. The van der Waals surface area contributed by atoms with E-state index in [4.69, 9.17) is 9.47 Å². The molecule has 1 atom stereocenters. The zero-order chi connectivity index (χ0) is 13.0. The maximum atomic E-state index is 12.0. The zero-order valence-corrected chi connectivity index (χ0v) is 10.3. The number of rotatable bonds is 4. The van der Waals surface area contributed by atoms with Crippen molar-refractivity contribution >= 4 is 11.9 Å². The van der Waals surface area contributed by atoms with Crippen LogP contribution in [0.1, 0.15) is 25.3 Å². The first-order valence-electron chi connectivity index (χ1n) is 5.99. The van der Waals surface area contributed by atoms with E-state index in [2.05, 4.69) is 0 Å². The number of Topliss-reactive ketones (excluding diaryl/α,β-unsaturated/α-hetero) is 1. The Balaban J connectivity index is 1.93. The van der Waals surface area contributed by atoms with Crippen LogP contribution in [0, 0.1) is 0 Å². The summed E-state index contributed by atoms with van der Waals surface area (Å²) in [6.45, 7) is 2.09. The molecule has 2 rings (SSSR count). The Morgan fingerprint density at radius 2 is 2.06 bits per heavy atom. The van der Waals surface area contributed by atoms with Crippen LogP contribution in [0.15, 0.2) is 30.3 Å². The summed E-state index contributed by atoms with van der Waals surface area (Å²) < 4.78 is 9.80. The molecule has 18 heavy (non-hydrogen) atoms. The molecule has 1 unspecified atom stereocenters. The quantitative estimate of drug-likeness (QED) is 0.768. The molecule has 4 heteroatoms. The van der Waals surface area contributed by atoms with Gasteiger partial charge in [0.2, 0.25) is 0 Å². The smallest absolute Gasteiger partial charge is 0.434 e. The Morgan fingerprint density at radius 3 is 2.72 bits per heavy atom. The average molecular weight is 248 g/mol. The zero-order valence-electron chi connectivity index (χ0n) is 10.3. The summed E-state index contributed by atoms with van der Waals surface area (Å²) in [6.07, 6.45) is 0.474. The minimum absolute atomic E-state index is 0.0680. The number of ketones is 1. The van der Waals surface area contributed by atoms with Crippen molar-refractivity contribution < 1.29 is 19.1 Å². The molecule has 0 amide bonds. The van der Waals surface area contributed by atoms with Gasteiger partial charge in [-0.3, -0.25) is 4.79 Å². The lowest BCUT2D eigenvalue weighted by molar-refractivity contribution is -0.128. The molecule has 96 valence electrons. The molecule has 1 aliphatic heterocycles.